The van der Waals surface area contributed by atoms with E-state index in [9.17, 15) is 0 Å². The molecule has 0 N–H and O–H groups in total. The normalized spacial score (nSPS) is 12.1. The molecule has 24 heavy (non-hydrogen) atoms. The highest BCUT2D eigenvalue weighted by molar-refractivity contribution is 9.11. The van der Waals surface area contributed by atoms with Crippen LogP contribution in [0.1, 0.15) is 44.7 Å². The second kappa shape index (κ2) is 7.28. The van der Waals surface area contributed by atoms with Gasteiger partial charge in [-0.15, -0.1) is 34.0 Å². The average Bonchev–Trinajstić information content (AvgIpc) is 3.12. The van der Waals surface area contributed by atoms with Crippen molar-refractivity contribution in [2.45, 2.75) is 39.5 Å². The Morgan fingerprint density at radius 2 is 1.00 bits per heavy atom. The first-order valence-electron chi connectivity index (χ1n) is 7.58. The largest absolute Gasteiger partial charge is 0.133 e. The van der Waals surface area contributed by atoms with E-state index in [4.69, 9.17) is 0 Å². The molecule has 0 saturated carbocycles. The zero-order valence-electron chi connectivity index (χ0n) is 13.8. The van der Waals surface area contributed by atoms with Gasteiger partial charge in [0.15, 0.2) is 0 Å². The zero-order chi connectivity index (χ0) is 17.6. The summed E-state index contributed by atoms with van der Waals surface area (Å²) in [6, 6.07) is 7.03. The van der Waals surface area contributed by atoms with Gasteiger partial charge in [0.2, 0.25) is 0 Å². The van der Waals surface area contributed by atoms with Crippen LogP contribution >= 0.6 is 81.8 Å². The Bertz CT molecular complexity index is 773. The van der Waals surface area contributed by atoms with Gasteiger partial charge < -0.3 is 0 Å². The highest BCUT2D eigenvalue weighted by atomic mass is 79.9. The summed E-state index contributed by atoms with van der Waals surface area (Å²) < 4.78 is 3.69. The Morgan fingerprint density at radius 3 is 1.17 bits per heavy atom. The standard InChI is InChI=1S/C18H17Br3S3/c1-5-18(12-6-9(2)22-15(12)19,13-7-10(3)23-16(13)20)14-8-11(4)24-17(14)21/h6-8H,5H2,1-4H3. The quantitative estimate of drug-likeness (QED) is 0.295. The molecule has 0 nitrogen and oxygen atoms in total. The maximum Gasteiger partial charge on any atom is 0.0745 e. The van der Waals surface area contributed by atoms with Crippen molar-refractivity contribution in [3.8, 4) is 0 Å². The minimum Gasteiger partial charge on any atom is -0.133 e. The maximum atomic E-state index is 3.85. The third-order valence-corrected chi connectivity index (χ3v) is 9.59. The fourth-order valence-corrected chi connectivity index (χ4v) is 9.40. The van der Waals surface area contributed by atoms with Crippen LogP contribution in [-0.4, -0.2) is 0 Å². The van der Waals surface area contributed by atoms with E-state index in [0.717, 1.165) is 6.42 Å². The van der Waals surface area contributed by atoms with E-state index >= 15 is 0 Å². The molecule has 0 unspecified atom stereocenters. The van der Waals surface area contributed by atoms with Crippen molar-refractivity contribution in [3.63, 3.8) is 0 Å². The molecule has 6 heteroatoms. The average molecular weight is 569 g/mol. The Morgan fingerprint density at radius 1 is 0.708 bits per heavy atom. The van der Waals surface area contributed by atoms with E-state index < -0.39 is 0 Å². The first kappa shape index (κ1) is 19.3. The molecule has 0 aliphatic rings. The number of rotatable bonds is 4. The van der Waals surface area contributed by atoms with Gasteiger partial charge in [0.25, 0.3) is 0 Å². The van der Waals surface area contributed by atoms with Crippen LogP contribution in [-0.2, 0) is 5.41 Å². The first-order valence-corrected chi connectivity index (χ1v) is 12.4. The monoisotopic (exact) mass is 566 g/mol. The van der Waals surface area contributed by atoms with Crippen molar-refractivity contribution in [2.75, 3.05) is 0 Å². The SMILES string of the molecule is CCC(c1cc(C)sc1Br)(c1cc(C)sc1Br)c1cc(C)sc1Br. The molecule has 0 bridgehead atoms. The van der Waals surface area contributed by atoms with Gasteiger partial charge in [-0.1, -0.05) is 6.92 Å². The molecule has 0 saturated heterocycles. The van der Waals surface area contributed by atoms with Crippen molar-refractivity contribution < 1.29 is 0 Å². The molecule has 3 aromatic rings. The lowest BCUT2D eigenvalue weighted by Crippen LogP contribution is -2.28. The smallest absolute Gasteiger partial charge is 0.0745 e. The van der Waals surface area contributed by atoms with E-state index in [0.29, 0.717) is 0 Å². The summed E-state index contributed by atoms with van der Waals surface area (Å²) in [6.07, 6.45) is 1.01. The molecule has 0 fully saturated rings. The van der Waals surface area contributed by atoms with E-state index in [2.05, 4.69) is 93.7 Å². The van der Waals surface area contributed by atoms with Crippen LogP contribution in [0.4, 0.5) is 0 Å². The minimum absolute atomic E-state index is 0.156. The molecule has 0 atom stereocenters. The fraction of sp³-hybridized carbons (Fsp3) is 0.333. The van der Waals surface area contributed by atoms with Crippen LogP contribution in [0.5, 0.6) is 0 Å². The van der Waals surface area contributed by atoms with Crippen molar-refractivity contribution in [1.82, 2.24) is 0 Å². The van der Waals surface area contributed by atoms with Gasteiger partial charge in [-0.25, -0.2) is 0 Å². The molecule has 0 aliphatic heterocycles. The van der Waals surface area contributed by atoms with Gasteiger partial charge in [0.05, 0.1) is 16.8 Å². The Kier molecular flexibility index (Phi) is 5.85. The maximum absolute atomic E-state index is 3.85. The molecule has 3 aromatic heterocycles. The molecule has 3 rings (SSSR count). The predicted octanol–water partition coefficient (Wildman–Crippen LogP) is 8.83. The first-order chi connectivity index (χ1) is 11.3. The van der Waals surface area contributed by atoms with Gasteiger partial charge in [-0.2, -0.15) is 0 Å². The van der Waals surface area contributed by atoms with Crippen LogP contribution in [0.15, 0.2) is 29.6 Å². The van der Waals surface area contributed by atoms with E-state index in [1.54, 1.807) is 0 Å². The second-order valence-corrected chi connectivity index (χ2v) is 13.6. The highest BCUT2D eigenvalue weighted by Crippen LogP contribution is 2.54. The van der Waals surface area contributed by atoms with E-state index in [1.165, 1.54) is 42.7 Å². The van der Waals surface area contributed by atoms with Crippen molar-refractivity contribution in [1.29, 1.82) is 0 Å². The molecule has 0 amide bonds. The van der Waals surface area contributed by atoms with Gasteiger partial charge in [-0.05, 0) is 110 Å². The lowest BCUT2D eigenvalue weighted by molar-refractivity contribution is 0.593. The topological polar surface area (TPSA) is 0 Å². The van der Waals surface area contributed by atoms with Crippen LogP contribution in [0.3, 0.4) is 0 Å². The second-order valence-electron chi connectivity index (χ2n) is 5.89. The highest BCUT2D eigenvalue weighted by Gasteiger charge is 2.41. The van der Waals surface area contributed by atoms with Gasteiger partial charge in [-0.3, -0.25) is 0 Å². The third-order valence-electron chi connectivity index (χ3n) is 4.34. The summed E-state index contributed by atoms with van der Waals surface area (Å²) in [5.74, 6) is 0. The predicted molar refractivity (Wildman–Crippen MR) is 120 cm³/mol. The summed E-state index contributed by atoms with van der Waals surface area (Å²) in [4.78, 5) is 4.00. The fourth-order valence-electron chi connectivity index (χ4n) is 3.34. The van der Waals surface area contributed by atoms with E-state index in [-0.39, 0.29) is 5.41 Å². The number of thiophene rings is 3. The van der Waals surface area contributed by atoms with Crippen LogP contribution in [0.25, 0.3) is 0 Å². The Labute approximate surface area is 180 Å². The molecular formula is C18H17Br3S3. The number of halogens is 3. The number of hydrogen-bond donors (Lipinski definition) is 0. The molecular weight excluding hydrogens is 552 g/mol. The molecule has 0 aliphatic carbocycles. The summed E-state index contributed by atoms with van der Waals surface area (Å²) >= 11 is 17.0. The summed E-state index contributed by atoms with van der Waals surface area (Å²) in [5.41, 5.74) is 3.94. The number of aryl methyl sites for hydroxylation is 3. The van der Waals surface area contributed by atoms with Crippen molar-refractivity contribution in [3.05, 3.63) is 60.9 Å². The van der Waals surface area contributed by atoms with Gasteiger partial charge >= 0.3 is 0 Å². The molecule has 3 heterocycles. The van der Waals surface area contributed by atoms with E-state index in [1.807, 2.05) is 34.0 Å². The van der Waals surface area contributed by atoms with Crippen LogP contribution < -0.4 is 0 Å². The van der Waals surface area contributed by atoms with Crippen molar-refractivity contribution in [2.24, 2.45) is 0 Å². The minimum atomic E-state index is -0.156. The molecule has 0 radical (unpaired) electrons. The number of hydrogen-bond acceptors (Lipinski definition) is 3. The zero-order valence-corrected chi connectivity index (χ0v) is 21.0. The van der Waals surface area contributed by atoms with Gasteiger partial charge in [0.1, 0.15) is 0 Å². The lowest BCUT2D eigenvalue weighted by Gasteiger charge is -2.33. The summed E-state index contributed by atoms with van der Waals surface area (Å²) in [7, 11) is 0. The molecule has 0 aromatic carbocycles. The third kappa shape index (κ3) is 3.16. The molecule has 0 spiro atoms. The van der Waals surface area contributed by atoms with Gasteiger partial charge in [0, 0.05) is 14.6 Å². The van der Waals surface area contributed by atoms with Crippen LogP contribution in [0, 0.1) is 20.8 Å². The van der Waals surface area contributed by atoms with Crippen molar-refractivity contribution >= 4 is 81.8 Å². The summed E-state index contributed by atoms with van der Waals surface area (Å²) in [6.45, 7) is 8.84. The lowest BCUT2D eigenvalue weighted by atomic mass is 9.70. The summed E-state index contributed by atoms with van der Waals surface area (Å²) in [5, 5.41) is 0. The Balaban J connectivity index is 2.41. The molecule has 128 valence electrons. The Hall–Kier alpha value is 0.540. The van der Waals surface area contributed by atoms with Crippen LogP contribution in [0.2, 0.25) is 0 Å².